The molecule has 1 aromatic heterocycles. The summed E-state index contributed by atoms with van der Waals surface area (Å²) in [5.74, 6) is 1.76. The molecule has 1 atom stereocenters. The van der Waals surface area contributed by atoms with Crippen LogP contribution in [0.1, 0.15) is 37.8 Å². The number of aromatic nitrogens is 1. The van der Waals surface area contributed by atoms with Crippen LogP contribution in [0.3, 0.4) is 0 Å². The number of hydrogen-bond acceptors (Lipinski definition) is 4. The van der Waals surface area contributed by atoms with Gasteiger partial charge in [0.05, 0.1) is 18.2 Å². The number of aryl methyl sites for hydroxylation is 1. The summed E-state index contributed by atoms with van der Waals surface area (Å²) in [7, 11) is 0. The lowest BCUT2D eigenvalue weighted by Gasteiger charge is -2.30. The van der Waals surface area contributed by atoms with E-state index in [-0.39, 0.29) is 5.41 Å². The lowest BCUT2D eigenvalue weighted by molar-refractivity contribution is 0.0302. The van der Waals surface area contributed by atoms with Gasteiger partial charge in [-0.25, -0.2) is 4.98 Å². The van der Waals surface area contributed by atoms with Crippen LogP contribution >= 0.6 is 0 Å². The highest BCUT2D eigenvalue weighted by molar-refractivity contribution is 5.07. The molecule has 0 saturated carbocycles. The summed E-state index contributed by atoms with van der Waals surface area (Å²) in [6.45, 7) is 4.42. The Hall–Kier alpha value is -0.870. The van der Waals surface area contributed by atoms with E-state index in [4.69, 9.17) is 14.9 Å². The van der Waals surface area contributed by atoms with Gasteiger partial charge in [0.15, 0.2) is 0 Å². The van der Waals surface area contributed by atoms with Crippen LogP contribution in [0.2, 0.25) is 0 Å². The van der Waals surface area contributed by atoms with Gasteiger partial charge < -0.3 is 14.9 Å². The molecule has 2 heterocycles. The highest BCUT2D eigenvalue weighted by Gasteiger charge is 2.34. The van der Waals surface area contributed by atoms with Crippen LogP contribution < -0.4 is 5.73 Å². The largest absolute Gasteiger partial charge is 0.445 e. The summed E-state index contributed by atoms with van der Waals surface area (Å²) < 4.78 is 11.3. The molecule has 4 heteroatoms. The van der Waals surface area contributed by atoms with Gasteiger partial charge in [-0.1, -0.05) is 0 Å². The number of rotatable bonds is 4. The summed E-state index contributed by atoms with van der Waals surface area (Å²) >= 11 is 0. The molecule has 90 valence electrons. The number of hydrogen-bond donors (Lipinski definition) is 1. The zero-order valence-corrected chi connectivity index (χ0v) is 9.87. The van der Waals surface area contributed by atoms with Crippen LogP contribution in [0, 0.1) is 0 Å². The van der Waals surface area contributed by atoms with Gasteiger partial charge in [0.25, 0.3) is 0 Å². The van der Waals surface area contributed by atoms with Crippen molar-refractivity contribution >= 4 is 0 Å². The van der Waals surface area contributed by atoms with Crippen molar-refractivity contribution < 1.29 is 9.15 Å². The van der Waals surface area contributed by atoms with Crippen LogP contribution in [0.4, 0.5) is 0 Å². The van der Waals surface area contributed by atoms with Crippen molar-refractivity contribution in [3.8, 4) is 0 Å². The smallest absolute Gasteiger partial charge is 0.202 e. The molecule has 1 aliphatic heterocycles. The van der Waals surface area contributed by atoms with E-state index in [0.29, 0.717) is 13.2 Å². The molecule has 1 aromatic rings. The normalized spacial score (nSPS) is 25.9. The van der Waals surface area contributed by atoms with E-state index in [1.807, 2.05) is 6.20 Å². The van der Waals surface area contributed by atoms with E-state index in [2.05, 4.69) is 11.9 Å². The third kappa shape index (κ3) is 2.44. The average molecular weight is 224 g/mol. The first-order valence-corrected chi connectivity index (χ1v) is 5.97. The monoisotopic (exact) mass is 224 g/mol. The van der Waals surface area contributed by atoms with Crippen molar-refractivity contribution in [2.24, 2.45) is 5.73 Å². The summed E-state index contributed by atoms with van der Waals surface area (Å²) in [4.78, 5) is 4.38. The highest BCUT2D eigenvalue weighted by atomic mass is 16.5. The minimum absolute atomic E-state index is 0.0424. The van der Waals surface area contributed by atoms with E-state index in [9.17, 15) is 0 Å². The Morgan fingerprint density at radius 3 is 3.12 bits per heavy atom. The number of ether oxygens (including phenoxy) is 1. The zero-order valence-electron chi connectivity index (χ0n) is 9.87. The summed E-state index contributed by atoms with van der Waals surface area (Å²) in [6, 6.07) is 0. The standard InChI is InChI=1S/C12H20N2O2/c1-12(5-3-7-15-9-12)11-14-8-10(16-11)4-2-6-13/h8H,2-7,9,13H2,1H3. The number of nitrogens with two attached hydrogens (primary N) is 1. The Morgan fingerprint density at radius 1 is 1.56 bits per heavy atom. The van der Waals surface area contributed by atoms with E-state index in [1.54, 1.807) is 0 Å². The Kier molecular flexibility index (Phi) is 3.61. The van der Waals surface area contributed by atoms with Gasteiger partial charge in [0.1, 0.15) is 5.76 Å². The first-order valence-electron chi connectivity index (χ1n) is 5.97. The molecular weight excluding hydrogens is 204 g/mol. The van der Waals surface area contributed by atoms with Gasteiger partial charge in [0.2, 0.25) is 5.89 Å². The van der Waals surface area contributed by atoms with E-state index >= 15 is 0 Å². The Morgan fingerprint density at radius 2 is 2.44 bits per heavy atom. The first kappa shape index (κ1) is 11.6. The maximum absolute atomic E-state index is 5.78. The molecule has 1 fully saturated rings. The molecule has 0 radical (unpaired) electrons. The van der Waals surface area contributed by atoms with E-state index in [0.717, 1.165) is 43.9 Å². The van der Waals surface area contributed by atoms with Gasteiger partial charge >= 0.3 is 0 Å². The minimum atomic E-state index is -0.0424. The Balaban J connectivity index is 2.05. The molecule has 1 aliphatic rings. The molecule has 0 aromatic carbocycles. The van der Waals surface area contributed by atoms with Crippen molar-refractivity contribution in [3.63, 3.8) is 0 Å². The van der Waals surface area contributed by atoms with Crippen molar-refractivity contribution in [1.29, 1.82) is 0 Å². The number of nitrogens with zero attached hydrogens (tertiary/aromatic N) is 1. The molecule has 0 amide bonds. The molecular formula is C12H20N2O2. The second-order valence-electron chi connectivity index (χ2n) is 4.74. The molecule has 0 aliphatic carbocycles. The van der Waals surface area contributed by atoms with Crippen LogP contribution in [0.25, 0.3) is 0 Å². The maximum Gasteiger partial charge on any atom is 0.202 e. The fourth-order valence-corrected chi connectivity index (χ4v) is 2.08. The lowest BCUT2D eigenvalue weighted by Crippen LogP contribution is -2.33. The van der Waals surface area contributed by atoms with Crippen molar-refractivity contribution in [2.45, 2.75) is 38.0 Å². The van der Waals surface area contributed by atoms with Crippen molar-refractivity contribution in [3.05, 3.63) is 17.8 Å². The number of oxazole rings is 1. The lowest BCUT2D eigenvalue weighted by atomic mass is 9.85. The predicted octanol–water partition coefficient (Wildman–Crippen LogP) is 1.63. The third-order valence-corrected chi connectivity index (χ3v) is 3.14. The van der Waals surface area contributed by atoms with E-state index in [1.165, 1.54) is 0 Å². The fourth-order valence-electron chi connectivity index (χ4n) is 2.08. The van der Waals surface area contributed by atoms with Crippen molar-refractivity contribution in [1.82, 2.24) is 4.98 Å². The highest BCUT2D eigenvalue weighted by Crippen LogP contribution is 2.32. The van der Waals surface area contributed by atoms with Crippen molar-refractivity contribution in [2.75, 3.05) is 19.8 Å². The topological polar surface area (TPSA) is 61.3 Å². The summed E-state index contributed by atoms with van der Waals surface area (Å²) in [6.07, 6.45) is 5.81. The van der Waals surface area contributed by atoms with Gasteiger partial charge in [-0.3, -0.25) is 0 Å². The fraction of sp³-hybridized carbons (Fsp3) is 0.750. The molecule has 1 saturated heterocycles. The third-order valence-electron chi connectivity index (χ3n) is 3.14. The Bertz CT molecular complexity index is 330. The van der Waals surface area contributed by atoms with Crippen LogP contribution in [0.5, 0.6) is 0 Å². The van der Waals surface area contributed by atoms with Crippen LogP contribution in [0.15, 0.2) is 10.6 Å². The molecule has 2 rings (SSSR count). The van der Waals surface area contributed by atoms with Gasteiger partial charge in [-0.05, 0) is 32.7 Å². The summed E-state index contributed by atoms with van der Waals surface area (Å²) in [5.41, 5.74) is 5.43. The minimum Gasteiger partial charge on any atom is -0.445 e. The van der Waals surface area contributed by atoms with Gasteiger partial charge in [0, 0.05) is 13.0 Å². The first-order chi connectivity index (χ1) is 7.74. The van der Waals surface area contributed by atoms with Crippen LogP contribution in [-0.4, -0.2) is 24.7 Å². The predicted molar refractivity (Wildman–Crippen MR) is 61.3 cm³/mol. The molecule has 4 nitrogen and oxygen atoms in total. The van der Waals surface area contributed by atoms with Crippen LogP contribution in [-0.2, 0) is 16.6 Å². The molecule has 2 N–H and O–H groups in total. The Labute approximate surface area is 96.2 Å². The second-order valence-corrected chi connectivity index (χ2v) is 4.74. The quantitative estimate of drug-likeness (QED) is 0.844. The summed E-state index contributed by atoms with van der Waals surface area (Å²) in [5, 5.41) is 0. The average Bonchev–Trinajstić information content (AvgIpc) is 2.77. The molecule has 0 bridgehead atoms. The second kappa shape index (κ2) is 4.97. The van der Waals surface area contributed by atoms with Gasteiger partial charge in [-0.2, -0.15) is 0 Å². The molecule has 0 spiro atoms. The molecule has 1 unspecified atom stereocenters. The van der Waals surface area contributed by atoms with E-state index < -0.39 is 0 Å². The van der Waals surface area contributed by atoms with Gasteiger partial charge in [-0.15, -0.1) is 0 Å². The SMILES string of the molecule is CC1(c2ncc(CCCN)o2)CCCOC1. The zero-order chi connectivity index (χ0) is 11.4. The maximum atomic E-state index is 5.78. The molecule has 16 heavy (non-hydrogen) atoms.